The van der Waals surface area contributed by atoms with Gasteiger partial charge >= 0.3 is 0 Å². The molecule has 1 heterocycles. The Bertz CT molecular complexity index is 837. The molecule has 150 valence electrons. The first-order valence-electron chi connectivity index (χ1n) is 9.12. The van der Waals surface area contributed by atoms with Crippen LogP contribution in [0.4, 0.5) is 5.13 Å². The summed E-state index contributed by atoms with van der Waals surface area (Å²) in [7, 11) is 4.08. The van der Waals surface area contributed by atoms with Crippen molar-refractivity contribution in [3.8, 4) is 5.75 Å². The zero-order valence-electron chi connectivity index (χ0n) is 16.2. The van der Waals surface area contributed by atoms with E-state index in [9.17, 15) is 4.79 Å². The molecule has 0 atom stereocenters. The molecule has 3 aromatic rings. The van der Waals surface area contributed by atoms with Crippen LogP contribution in [0, 0.1) is 0 Å². The van der Waals surface area contributed by atoms with Crippen molar-refractivity contribution in [3.05, 3.63) is 54.6 Å². The van der Waals surface area contributed by atoms with Crippen molar-refractivity contribution >= 4 is 45.0 Å². The molecule has 0 aliphatic carbocycles. The molecule has 0 saturated carbocycles. The van der Waals surface area contributed by atoms with E-state index < -0.39 is 0 Å². The first kappa shape index (κ1) is 22.1. The molecular formula is C21H26ClN3O2S. The van der Waals surface area contributed by atoms with E-state index in [0.717, 1.165) is 34.1 Å². The van der Waals surface area contributed by atoms with Crippen molar-refractivity contribution in [3.63, 3.8) is 0 Å². The topological polar surface area (TPSA) is 45.7 Å². The lowest BCUT2D eigenvalue weighted by molar-refractivity contribution is -0.119. The zero-order valence-corrected chi connectivity index (χ0v) is 17.8. The summed E-state index contributed by atoms with van der Waals surface area (Å²) in [6.45, 7) is 1.94. The van der Waals surface area contributed by atoms with Crippen molar-refractivity contribution in [1.82, 2.24) is 9.88 Å². The third kappa shape index (κ3) is 6.19. The number of hydrogen-bond donors (Lipinski definition) is 0. The minimum atomic E-state index is 0. The Morgan fingerprint density at radius 3 is 2.46 bits per heavy atom. The van der Waals surface area contributed by atoms with Crippen molar-refractivity contribution in [1.29, 1.82) is 0 Å². The molecule has 3 rings (SSSR count). The number of ether oxygens (including phenoxy) is 1. The predicted octanol–water partition coefficient (Wildman–Crippen LogP) is 4.47. The van der Waals surface area contributed by atoms with Crippen LogP contribution >= 0.6 is 23.7 Å². The van der Waals surface area contributed by atoms with Crippen molar-refractivity contribution in [2.45, 2.75) is 12.8 Å². The summed E-state index contributed by atoms with van der Waals surface area (Å²) in [5.74, 6) is 0.827. The van der Waals surface area contributed by atoms with Crippen LogP contribution in [0.1, 0.15) is 12.8 Å². The molecule has 0 aliphatic heterocycles. The lowest BCUT2D eigenvalue weighted by Crippen LogP contribution is -2.34. The molecule has 7 heteroatoms. The average molecular weight is 420 g/mol. The maximum Gasteiger partial charge on any atom is 0.232 e. The number of carbonyl (C=O) groups excluding carboxylic acids is 1. The maximum atomic E-state index is 12.9. The smallest absolute Gasteiger partial charge is 0.232 e. The standard InChI is InChI=1S/C21H25N3O2S.ClH/c1-23(2)14-8-15-24(21-22-18-11-6-7-12-19(18)27-21)20(25)13-16-26-17-9-4-3-5-10-17;/h3-7,9-12H,8,13-16H2,1-2H3;1H. The highest BCUT2D eigenvalue weighted by Gasteiger charge is 2.19. The molecule has 0 unspecified atom stereocenters. The third-order valence-corrected chi connectivity index (χ3v) is 5.19. The quantitative estimate of drug-likeness (QED) is 0.513. The van der Waals surface area contributed by atoms with Crippen LogP contribution in [-0.2, 0) is 4.79 Å². The summed E-state index contributed by atoms with van der Waals surface area (Å²) in [6, 6.07) is 17.6. The van der Waals surface area contributed by atoms with Gasteiger partial charge in [-0.15, -0.1) is 12.4 Å². The lowest BCUT2D eigenvalue weighted by Gasteiger charge is -2.21. The van der Waals surface area contributed by atoms with E-state index in [4.69, 9.17) is 4.74 Å². The van der Waals surface area contributed by atoms with Crippen LogP contribution in [0.2, 0.25) is 0 Å². The third-order valence-electron chi connectivity index (χ3n) is 4.13. The number of amides is 1. The van der Waals surface area contributed by atoms with E-state index in [1.54, 1.807) is 11.3 Å². The number of thiazole rings is 1. The first-order chi connectivity index (χ1) is 13.1. The van der Waals surface area contributed by atoms with Crippen LogP contribution in [0.5, 0.6) is 5.75 Å². The molecular weight excluding hydrogens is 394 g/mol. The summed E-state index contributed by atoms with van der Waals surface area (Å²) in [4.78, 5) is 21.5. The molecule has 0 aliphatic rings. The molecule has 0 fully saturated rings. The summed E-state index contributed by atoms with van der Waals surface area (Å²) >= 11 is 1.56. The molecule has 0 bridgehead atoms. The van der Waals surface area contributed by atoms with Gasteiger partial charge in [-0.1, -0.05) is 41.7 Å². The summed E-state index contributed by atoms with van der Waals surface area (Å²) in [6.07, 6.45) is 1.22. The number of benzene rings is 2. The molecule has 2 aromatic carbocycles. The second-order valence-electron chi connectivity index (χ2n) is 6.58. The van der Waals surface area contributed by atoms with Crippen LogP contribution in [-0.4, -0.2) is 49.6 Å². The van der Waals surface area contributed by atoms with E-state index >= 15 is 0 Å². The molecule has 0 spiro atoms. The Labute approximate surface area is 176 Å². The van der Waals surface area contributed by atoms with Gasteiger partial charge in [-0.3, -0.25) is 9.69 Å². The number of fused-ring (bicyclic) bond motifs is 1. The van der Waals surface area contributed by atoms with Gasteiger partial charge in [-0.2, -0.15) is 0 Å². The highest BCUT2D eigenvalue weighted by Crippen LogP contribution is 2.29. The van der Waals surface area contributed by atoms with Gasteiger partial charge in [0.15, 0.2) is 5.13 Å². The molecule has 0 radical (unpaired) electrons. The van der Waals surface area contributed by atoms with Crippen molar-refractivity contribution in [2.24, 2.45) is 0 Å². The Morgan fingerprint density at radius 1 is 1.04 bits per heavy atom. The number of para-hydroxylation sites is 2. The highest BCUT2D eigenvalue weighted by atomic mass is 35.5. The number of aromatic nitrogens is 1. The minimum absolute atomic E-state index is 0. The van der Waals surface area contributed by atoms with E-state index in [1.807, 2.05) is 73.6 Å². The Kier molecular flexibility index (Phi) is 8.70. The molecule has 0 saturated heterocycles. The first-order valence-corrected chi connectivity index (χ1v) is 9.93. The van der Waals surface area contributed by atoms with Crippen molar-refractivity contribution in [2.75, 3.05) is 38.7 Å². The van der Waals surface area contributed by atoms with Crippen molar-refractivity contribution < 1.29 is 9.53 Å². The fraction of sp³-hybridized carbons (Fsp3) is 0.333. The fourth-order valence-electron chi connectivity index (χ4n) is 2.76. The molecule has 1 aromatic heterocycles. The summed E-state index contributed by atoms with van der Waals surface area (Å²) < 4.78 is 6.79. The number of nitrogens with zero attached hydrogens (tertiary/aromatic N) is 3. The number of carbonyl (C=O) groups is 1. The Hall–Kier alpha value is -2.15. The van der Waals surface area contributed by atoms with Gasteiger partial charge < -0.3 is 9.64 Å². The van der Waals surface area contributed by atoms with Gasteiger partial charge in [0.25, 0.3) is 0 Å². The molecule has 0 N–H and O–H groups in total. The van der Waals surface area contributed by atoms with Crippen LogP contribution < -0.4 is 9.64 Å². The van der Waals surface area contributed by atoms with Gasteiger partial charge in [0.2, 0.25) is 5.91 Å². The van der Waals surface area contributed by atoms with Crippen LogP contribution in [0.3, 0.4) is 0 Å². The Balaban J connectivity index is 0.00000280. The monoisotopic (exact) mass is 419 g/mol. The molecule has 5 nitrogen and oxygen atoms in total. The number of hydrogen-bond acceptors (Lipinski definition) is 5. The highest BCUT2D eigenvalue weighted by molar-refractivity contribution is 7.22. The van der Waals surface area contributed by atoms with E-state index in [2.05, 4.69) is 9.88 Å². The Morgan fingerprint density at radius 2 is 1.75 bits per heavy atom. The minimum Gasteiger partial charge on any atom is -0.493 e. The second kappa shape index (κ2) is 11.0. The van der Waals surface area contributed by atoms with Gasteiger partial charge in [-0.05, 0) is 51.3 Å². The summed E-state index contributed by atoms with van der Waals surface area (Å²) in [5, 5.41) is 0.764. The maximum absolute atomic E-state index is 12.9. The van der Waals surface area contributed by atoms with E-state index in [0.29, 0.717) is 19.6 Å². The average Bonchev–Trinajstić information content (AvgIpc) is 3.09. The van der Waals surface area contributed by atoms with Gasteiger partial charge in [0.05, 0.1) is 23.2 Å². The second-order valence-corrected chi connectivity index (χ2v) is 7.59. The summed E-state index contributed by atoms with van der Waals surface area (Å²) in [5.41, 5.74) is 0.934. The largest absolute Gasteiger partial charge is 0.493 e. The molecule has 1 amide bonds. The van der Waals surface area contributed by atoms with E-state index in [1.165, 1.54) is 0 Å². The van der Waals surface area contributed by atoms with Gasteiger partial charge in [-0.25, -0.2) is 4.98 Å². The number of anilines is 1. The fourth-order valence-corrected chi connectivity index (χ4v) is 3.76. The van der Waals surface area contributed by atoms with Crippen LogP contribution in [0.25, 0.3) is 10.2 Å². The number of rotatable bonds is 9. The predicted molar refractivity (Wildman–Crippen MR) is 119 cm³/mol. The zero-order chi connectivity index (χ0) is 19.1. The van der Waals surface area contributed by atoms with Gasteiger partial charge in [0, 0.05) is 6.54 Å². The SMILES string of the molecule is CN(C)CCCN(C(=O)CCOc1ccccc1)c1nc2ccccc2s1.Cl. The lowest BCUT2D eigenvalue weighted by atomic mass is 10.3. The van der Waals surface area contributed by atoms with E-state index in [-0.39, 0.29) is 18.3 Å². The van der Waals surface area contributed by atoms with Crippen LogP contribution in [0.15, 0.2) is 54.6 Å². The number of halogens is 1. The van der Waals surface area contributed by atoms with Gasteiger partial charge in [0.1, 0.15) is 5.75 Å². The molecule has 28 heavy (non-hydrogen) atoms. The normalized spacial score (nSPS) is 10.7.